The molecular weight excluding hydrogens is 326 g/mol. The van der Waals surface area contributed by atoms with E-state index < -0.39 is 5.38 Å². The van der Waals surface area contributed by atoms with E-state index in [9.17, 15) is 4.79 Å². The summed E-state index contributed by atoms with van der Waals surface area (Å²) in [6.45, 7) is 2.68. The smallest absolute Gasteiger partial charge is 0.240 e. The highest BCUT2D eigenvalue weighted by Crippen LogP contribution is 2.18. The van der Waals surface area contributed by atoms with Crippen LogP contribution < -0.4 is 9.47 Å². The molecule has 0 N–H and O–H groups in total. The monoisotopic (exact) mass is 347 g/mol. The largest absolute Gasteiger partial charge is 0.497 e. The Kier molecular flexibility index (Phi) is 6.50. The average Bonchev–Trinajstić information content (AvgIpc) is 2.61. The zero-order chi connectivity index (χ0) is 17.5. The van der Waals surface area contributed by atoms with Crippen molar-refractivity contribution in [3.05, 3.63) is 59.7 Å². The number of hydrogen-bond acceptors (Lipinski definition) is 3. The van der Waals surface area contributed by atoms with Gasteiger partial charge in [-0.15, -0.1) is 11.6 Å². The summed E-state index contributed by atoms with van der Waals surface area (Å²) >= 11 is 6.02. The van der Waals surface area contributed by atoms with Crippen molar-refractivity contribution in [2.24, 2.45) is 0 Å². The maximum Gasteiger partial charge on any atom is 0.240 e. The lowest BCUT2D eigenvalue weighted by atomic mass is 10.1. The van der Waals surface area contributed by atoms with E-state index >= 15 is 0 Å². The molecule has 5 heteroatoms. The van der Waals surface area contributed by atoms with E-state index in [1.54, 1.807) is 26.0 Å². The average molecular weight is 348 g/mol. The van der Waals surface area contributed by atoms with Crippen molar-refractivity contribution in [3.8, 4) is 11.5 Å². The molecule has 0 radical (unpaired) electrons. The summed E-state index contributed by atoms with van der Waals surface area (Å²) in [5, 5.41) is -0.568. The standard InChI is InChI=1S/C19H22ClNO3/c1-14(20)19(22)21(12-15-4-8-17(23-2)9-5-15)13-16-6-10-18(24-3)11-7-16/h4-11,14H,12-13H2,1-3H3. The van der Waals surface area contributed by atoms with Gasteiger partial charge in [-0.2, -0.15) is 0 Å². The van der Waals surface area contributed by atoms with Crippen LogP contribution in [0.25, 0.3) is 0 Å². The molecular formula is C19H22ClNO3. The second kappa shape index (κ2) is 8.60. The maximum atomic E-state index is 12.4. The van der Waals surface area contributed by atoms with Gasteiger partial charge in [-0.3, -0.25) is 4.79 Å². The predicted octanol–water partition coefficient (Wildman–Crippen LogP) is 3.86. The second-order valence-corrected chi connectivity index (χ2v) is 6.16. The van der Waals surface area contributed by atoms with E-state index in [1.807, 2.05) is 48.5 Å². The molecule has 0 heterocycles. The maximum absolute atomic E-state index is 12.4. The van der Waals surface area contributed by atoms with Crippen LogP contribution in [0.3, 0.4) is 0 Å². The first kappa shape index (κ1) is 18.1. The molecule has 0 aliphatic rings. The highest BCUT2D eigenvalue weighted by molar-refractivity contribution is 6.30. The van der Waals surface area contributed by atoms with Gasteiger partial charge in [-0.25, -0.2) is 0 Å². The molecule has 2 rings (SSSR count). The van der Waals surface area contributed by atoms with Crippen molar-refractivity contribution in [2.75, 3.05) is 14.2 Å². The lowest BCUT2D eigenvalue weighted by molar-refractivity contribution is -0.131. The Bertz CT molecular complexity index is 604. The van der Waals surface area contributed by atoms with Crippen LogP contribution in [0.15, 0.2) is 48.5 Å². The van der Waals surface area contributed by atoms with Crippen molar-refractivity contribution < 1.29 is 14.3 Å². The summed E-state index contributed by atoms with van der Waals surface area (Å²) < 4.78 is 10.3. The molecule has 0 bridgehead atoms. The molecule has 128 valence electrons. The SMILES string of the molecule is COc1ccc(CN(Cc2ccc(OC)cc2)C(=O)C(C)Cl)cc1. The van der Waals surface area contributed by atoms with Gasteiger partial charge in [0.1, 0.15) is 16.9 Å². The zero-order valence-electron chi connectivity index (χ0n) is 14.2. The molecule has 1 unspecified atom stereocenters. The Hall–Kier alpha value is -2.20. The lowest BCUT2D eigenvalue weighted by Gasteiger charge is -2.24. The number of hydrogen-bond donors (Lipinski definition) is 0. The number of halogens is 1. The molecule has 0 saturated carbocycles. The van der Waals surface area contributed by atoms with Crippen molar-refractivity contribution in [1.82, 2.24) is 4.90 Å². The molecule has 2 aromatic rings. The summed E-state index contributed by atoms with van der Waals surface area (Å²) in [7, 11) is 3.26. The highest BCUT2D eigenvalue weighted by Gasteiger charge is 2.19. The van der Waals surface area contributed by atoms with Crippen LogP contribution in [0.2, 0.25) is 0 Å². The summed E-state index contributed by atoms with van der Waals surface area (Å²) in [6, 6.07) is 15.3. The van der Waals surface area contributed by atoms with Crippen LogP contribution in [0.5, 0.6) is 11.5 Å². The Balaban J connectivity index is 2.15. The quantitative estimate of drug-likeness (QED) is 0.714. The number of benzene rings is 2. The number of ether oxygens (including phenoxy) is 2. The van der Waals surface area contributed by atoms with Gasteiger partial charge in [0.05, 0.1) is 14.2 Å². The Morgan fingerprint density at radius 2 is 1.29 bits per heavy atom. The van der Waals surface area contributed by atoms with Gasteiger partial charge in [0.25, 0.3) is 0 Å². The summed E-state index contributed by atoms with van der Waals surface area (Å²) in [5.74, 6) is 1.48. The molecule has 24 heavy (non-hydrogen) atoms. The molecule has 2 aromatic carbocycles. The van der Waals surface area contributed by atoms with Gasteiger partial charge in [0.15, 0.2) is 0 Å². The van der Waals surface area contributed by atoms with Gasteiger partial charge in [0, 0.05) is 13.1 Å². The van der Waals surface area contributed by atoms with Crippen molar-refractivity contribution in [2.45, 2.75) is 25.4 Å². The first-order valence-electron chi connectivity index (χ1n) is 7.72. The summed E-state index contributed by atoms with van der Waals surface area (Å²) in [4.78, 5) is 14.2. The number of carbonyl (C=O) groups is 1. The number of alkyl halides is 1. The number of amides is 1. The molecule has 0 saturated heterocycles. The highest BCUT2D eigenvalue weighted by atomic mass is 35.5. The summed E-state index contributed by atoms with van der Waals surface area (Å²) in [5.41, 5.74) is 2.05. The van der Waals surface area contributed by atoms with Crippen LogP contribution in [0.1, 0.15) is 18.1 Å². The Morgan fingerprint density at radius 1 is 0.917 bits per heavy atom. The topological polar surface area (TPSA) is 38.8 Å². The van der Waals surface area contributed by atoms with Gasteiger partial charge in [0.2, 0.25) is 5.91 Å². The van der Waals surface area contributed by atoms with Crippen molar-refractivity contribution >= 4 is 17.5 Å². The van der Waals surface area contributed by atoms with Gasteiger partial charge >= 0.3 is 0 Å². The van der Waals surface area contributed by atoms with Crippen LogP contribution in [-0.4, -0.2) is 30.4 Å². The lowest BCUT2D eigenvalue weighted by Crippen LogP contribution is -2.34. The van der Waals surface area contributed by atoms with Gasteiger partial charge < -0.3 is 14.4 Å². The number of rotatable bonds is 7. The van der Waals surface area contributed by atoms with E-state index in [4.69, 9.17) is 21.1 Å². The second-order valence-electron chi connectivity index (χ2n) is 5.51. The predicted molar refractivity (Wildman–Crippen MR) is 95.6 cm³/mol. The Morgan fingerprint density at radius 3 is 1.58 bits per heavy atom. The first-order chi connectivity index (χ1) is 11.5. The zero-order valence-corrected chi connectivity index (χ0v) is 14.9. The van der Waals surface area contributed by atoms with E-state index in [0.29, 0.717) is 13.1 Å². The fraction of sp³-hybridized carbons (Fsp3) is 0.316. The minimum atomic E-state index is -0.568. The van der Waals surface area contributed by atoms with Gasteiger partial charge in [-0.05, 0) is 42.3 Å². The molecule has 0 spiro atoms. The Labute approximate surface area is 147 Å². The molecule has 0 fully saturated rings. The van der Waals surface area contributed by atoms with Crippen LogP contribution in [0, 0.1) is 0 Å². The van der Waals surface area contributed by atoms with E-state index in [2.05, 4.69) is 0 Å². The van der Waals surface area contributed by atoms with Crippen LogP contribution >= 0.6 is 11.6 Å². The fourth-order valence-electron chi connectivity index (χ4n) is 2.37. The van der Waals surface area contributed by atoms with Crippen molar-refractivity contribution in [1.29, 1.82) is 0 Å². The number of carbonyl (C=O) groups excluding carboxylic acids is 1. The third kappa shape index (κ3) is 4.90. The van der Waals surface area contributed by atoms with Crippen LogP contribution in [0.4, 0.5) is 0 Å². The van der Waals surface area contributed by atoms with Crippen molar-refractivity contribution in [3.63, 3.8) is 0 Å². The minimum Gasteiger partial charge on any atom is -0.497 e. The first-order valence-corrected chi connectivity index (χ1v) is 8.16. The molecule has 4 nitrogen and oxygen atoms in total. The fourth-order valence-corrected chi connectivity index (χ4v) is 2.50. The molecule has 1 atom stereocenters. The van der Waals surface area contributed by atoms with E-state index in [1.165, 1.54) is 0 Å². The number of nitrogens with zero attached hydrogens (tertiary/aromatic N) is 1. The minimum absolute atomic E-state index is 0.0942. The number of methoxy groups -OCH3 is 2. The molecule has 0 aliphatic heterocycles. The van der Waals surface area contributed by atoms with E-state index in [-0.39, 0.29) is 5.91 Å². The van der Waals surface area contributed by atoms with Gasteiger partial charge in [-0.1, -0.05) is 24.3 Å². The molecule has 1 amide bonds. The van der Waals surface area contributed by atoms with Crippen LogP contribution in [-0.2, 0) is 17.9 Å². The third-order valence-electron chi connectivity index (χ3n) is 3.72. The third-order valence-corrected chi connectivity index (χ3v) is 3.90. The molecule has 0 aromatic heterocycles. The molecule has 0 aliphatic carbocycles. The normalized spacial score (nSPS) is 11.7. The van der Waals surface area contributed by atoms with E-state index in [0.717, 1.165) is 22.6 Å². The summed E-state index contributed by atoms with van der Waals surface area (Å²) in [6.07, 6.45) is 0.